The van der Waals surface area contributed by atoms with Crippen LogP contribution in [-0.4, -0.2) is 20.6 Å². The third-order valence-electron chi connectivity index (χ3n) is 3.61. The Morgan fingerprint density at radius 1 is 1.55 bits per heavy atom. The van der Waals surface area contributed by atoms with Gasteiger partial charge in [0.05, 0.1) is 5.69 Å². The van der Waals surface area contributed by atoms with E-state index in [1.807, 2.05) is 0 Å². The van der Waals surface area contributed by atoms with Crippen molar-refractivity contribution in [3.63, 3.8) is 0 Å². The third kappa shape index (κ3) is 2.47. The molecule has 0 spiro atoms. The van der Waals surface area contributed by atoms with Gasteiger partial charge in [-0.2, -0.15) is 0 Å². The van der Waals surface area contributed by atoms with Crippen molar-refractivity contribution >= 4 is 17.4 Å². The van der Waals surface area contributed by atoms with Gasteiger partial charge < -0.3 is 4.74 Å². The smallest absolute Gasteiger partial charge is 0.419 e. The Morgan fingerprint density at radius 2 is 2.40 bits per heavy atom. The maximum Gasteiger partial charge on any atom is 0.419 e. The minimum absolute atomic E-state index is 0.192. The summed E-state index contributed by atoms with van der Waals surface area (Å²) < 4.78 is 6.57. The van der Waals surface area contributed by atoms with Crippen molar-refractivity contribution in [3.8, 4) is 0 Å². The molecule has 20 heavy (non-hydrogen) atoms. The summed E-state index contributed by atoms with van der Waals surface area (Å²) in [6, 6.07) is 0. The topological polar surface area (TPSA) is 57.0 Å². The van der Waals surface area contributed by atoms with Gasteiger partial charge in [0.25, 0.3) is 0 Å². The summed E-state index contributed by atoms with van der Waals surface area (Å²) in [6.45, 7) is 4.74. The van der Waals surface area contributed by atoms with Crippen molar-refractivity contribution in [1.29, 1.82) is 0 Å². The third-order valence-corrected chi connectivity index (χ3v) is 5.04. The van der Waals surface area contributed by atoms with Crippen LogP contribution in [0.5, 0.6) is 0 Å². The predicted molar refractivity (Wildman–Crippen MR) is 75.9 cm³/mol. The molecule has 0 saturated heterocycles. The van der Waals surface area contributed by atoms with Gasteiger partial charge in [-0.15, -0.1) is 11.3 Å². The Balaban J connectivity index is 1.70. The zero-order chi connectivity index (χ0) is 14.2. The molecule has 0 radical (unpaired) electrons. The molecule has 0 aromatic carbocycles. The van der Waals surface area contributed by atoms with Crippen LogP contribution in [-0.2, 0) is 23.2 Å². The quantitative estimate of drug-likeness (QED) is 0.853. The van der Waals surface area contributed by atoms with E-state index in [2.05, 4.69) is 23.8 Å². The van der Waals surface area contributed by atoms with E-state index >= 15 is 0 Å². The fraction of sp³-hybridized carbons (Fsp3) is 0.500. The largest absolute Gasteiger partial charge is 0.441 e. The van der Waals surface area contributed by atoms with Gasteiger partial charge in [-0.1, -0.05) is 13.8 Å². The van der Waals surface area contributed by atoms with Gasteiger partial charge in [-0.25, -0.2) is 19.3 Å². The molecule has 6 heteroatoms. The van der Waals surface area contributed by atoms with E-state index in [4.69, 9.17) is 4.74 Å². The number of fused-ring (bicyclic) bond motifs is 1. The van der Waals surface area contributed by atoms with Crippen molar-refractivity contribution in [2.45, 2.75) is 45.1 Å². The molecule has 0 atom stereocenters. The maximum absolute atomic E-state index is 11.7. The summed E-state index contributed by atoms with van der Waals surface area (Å²) >= 11 is 1.67. The molecule has 2 heterocycles. The van der Waals surface area contributed by atoms with Crippen LogP contribution >= 0.6 is 11.3 Å². The van der Waals surface area contributed by atoms with Crippen LogP contribution in [0.2, 0.25) is 0 Å². The van der Waals surface area contributed by atoms with Crippen LogP contribution < -0.4 is 0 Å². The van der Waals surface area contributed by atoms with Gasteiger partial charge in [0.1, 0.15) is 17.9 Å². The van der Waals surface area contributed by atoms with Crippen LogP contribution in [0.3, 0.4) is 0 Å². The highest BCUT2D eigenvalue weighted by Crippen LogP contribution is 2.40. The van der Waals surface area contributed by atoms with Crippen molar-refractivity contribution in [2.24, 2.45) is 0 Å². The first-order valence-electron chi connectivity index (χ1n) is 6.70. The number of nitrogens with zero attached hydrogens (tertiary/aromatic N) is 3. The number of carbonyl (C=O) groups excluding carboxylic acids is 1. The lowest BCUT2D eigenvalue weighted by atomic mass is 9.80. The fourth-order valence-corrected chi connectivity index (χ4v) is 3.69. The van der Waals surface area contributed by atoms with E-state index in [1.54, 1.807) is 23.7 Å². The van der Waals surface area contributed by atoms with Crippen LogP contribution in [0.4, 0.5) is 4.79 Å². The van der Waals surface area contributed by atoms with Crippen LogP contribution in [0.1, 0.15) is 42.3 Å². The van der Waals surface area contributed by atoms with Crippen molar-refractivity contribution in [1.82, 2.24) is 14.5 Å². The lowest BCUT2D eigenvalue weighted by Crippen LogP contribution is -2.21. The Morgan fingerprint density at radius 3 is 3.10 bits per heavy atom. The number of thiazole rings is 1. The summed E-state index contributed by atoms with van der Waals surface area (Å²) in [5.41, 5.74) is 1.37. The Bertz CT molecular complexity index is 616. The highest BCUT2D eigenvalue weighted by Gasteiger charge is 2.31. The number of imidazole rings is 1. The summed E-state index contributed by atoms with van der Waals surface area (Å²) in [6.07, 6.45) is 7.52. The van der Waals surface area contributed by atoms with E-state index in [0.717, 1.165) is 11.4 Å². The minimum Gasteiger partial charge on any atom is -0.441 e. The summed E-state index contributed by atoms with van der Waals surface area (Å²) in [4.78, 5) is 21.5. The number of aromatic nitrogens is 3. The average molecular weight is 291 g/mol. The van der Waals surface area contributed by atoms with Gasteiger partial charge in [-0.05, 0) is 19.3 Å². The summed E-state index contributed by atoms with van der Waals surface area (Å²) in [7, 11) is 0. The molecule has 2 aromatic rings. The normalized spacial score (nSPS) is 16.7. The molecule has 0 N–H and O–H groups in total. The van der Waals surface area contributed by atoms with Crippen molar-refractivity contribution < 1.29 is 9.53 Å². The Hall–Kier alpha value is -1.69. The van der Waals surface area contributed by atoms with Gasteiger partial charge in [-0.3, -0.25) is 0 Å². The molecule has 0 fully saturated rings. The van der Waals surface area contributed by atoms with Gasteiger partial charge >= 0.3 is 6.09 Å². The molecular weight excluding hydrogens is 274 g/mol. The maximum atomic E-state index is 11.7. The number of hydrogen-bond donors (Lipinski definition) is 0. The first-order chi connectivity index (χ1) is 9.56. The van der Waals surface area contributed by atoms with E-state index in [-0.39, 0.29) is 12.0 Å². The number of aryl methyl sites for hydroxylation is 1. The lowest BCUT2D eigenvalue weighted by molar-refractivity contribution is 0.141. The molecule has 106 valence electrons. The van der Waals surface area contributed by atoms with E-state index in [0.29, 0.717) is 0 Å². The van der Waals surface area contributed by atoms with E-state index < -0.39 is 6.09 Å². The van der Waals surface area contributed by atoms with Gasteiger partial charge in [0.15, 0.2) is 0 Å². The molecule has 0 saturated carbocycles. The molecule has 5 nitrogen and oxygen atoms in total. The molecular formula is C14H17N3O2S. The fourth-order valence-electron chi connectivity index (χ4n) is 2.54. The predicted octanol–water partition coefficient (Wildman–Crippen LogP) is 3.14. The SMILES string of the molecule is CC1(C)CCCc2nc(COC(=O)n3ccnc3)sc21. The Labute approximate surface area is 121 Å². The lowest BCUT2D eigenvalue weighted by Gasteiger charge is -2.28. The van der Waals surface area contributed by atoms with E-state index in [9.17, 15) is 4.79 Å². The van der Waals surface area contributed by atoms with Gasteiger partial charge in [0, 0.05) is 22.7 Å². The zero-order valence-corrected chi connectivity index (χ0v) is 12.4. The summed E-state index contributed by atoms with van der Waals surface area (Å²) in [5, 5.41) is 0.874. The second-order valence-electron chi connectivity index (χ2n) is 5.65. The van der Waals surface area contributed by atoms with Crippen molar-refractivity contribution in [2.75, 3.05) is 0 Å². The average Bonchev–Trinajstić information content (AvgIpc) is 3.05. The molecule has 3 rings (SSSR count). The second-order valence-corrected chi connectivity index (χ2v) is 6.73. The monoisotopic (exact) mass is 291 g/mol. The minimum atomic E-state index is -0.421. The first-order valence-corrected chi connectivity index (χ1v) is 7.52. The van der Waals surface area contributed by atoms with Gasteiger partial charge in [0.2, 0.25) is 0 Å². The van der Waals surface area contributed by atoms with Crippen LogP contribution in [0.25, 0.3) is 0 Å². The molecule has 1 aliphatic carbocycles. The van der Waals surface area contributed by atoms with Crippen LogP contribution in [0, 0.1) is 0 Å². The molecule has 1 aliphatic rings. The van der Waals surface area contributed by atoms with E-state index in [1.165, 1.54) is 34.3 Å². The summed E-state index contributed by atoms with van der Waals surface area (Å²) in [5.74, 6) is 0. The first kappa shape index (κ1) is 13.3. The standard InChI is InChI=1S/C14H17N3O2S/c1-14(2)5-3-4-10-12(14)20-11(16-10)8-19-13(18)17-7-6-15-9-17/h6-7,9H,3-5,8H2,1-2H3. The molecule has 0 amide bonds. The van der Waals surface area contributed by atoms with Crippen LogP contribution in [0.15, 0.2) is 18.7 Å². The molecule has 0 unspecified atom stereocenters. The number of carbonyl (C=O) groups is 1. The number of hydrogen-bond acceptors (Lipinski definition) is 5. The Kier molecular flexibility index (Phi) is 3.33. The molecule has 2 aromatic heterocycles. The second kappa shape index (κ2) is 5.01. The zero-order valence-electron chi connectivity index (χ0n) is 11.6. The number of ether oxygens (including phenoxy) is 1. The highest BCUT2D eigenvalue weighted by molar-refractivity contribution is 7.11. The highest BCUT2D eigenvalue weighted by atomic mass is 32.1. The number of rotatable bonds is 2. The molecule has 0 aliphatic heterocycles. The molecule has 0 bridgehead atoms. The van der Waals surface area contributed by atoms with Crippen molar-refractivity contribution in [3.05, 3.63) is 34.3 Å².